The van der Waals surface area contributed by atoms with E-state index >= 15 is 0 Å². The highest BCUT2D eigenvalue weighted by Crippen LogP contribution is 2.31. The fourth-order valence-electron chi connectivity index (χ4n) is 3.21. The zero-order valence-electron chi connectivity index (χ0n) is 16.8. The molecule has 0 radical (unpaired) electrons. The van der Waals surface area contributed by atoms with Gasteiger partial charge in [0.25, 0.3) is 0 Å². The lowest BCUT2D eigenvalue weighted by atomic mass is 9.94. The lowest BCUT2D eigenvalue weighted by Gasteiger charge is -2.15. The first-order valence-electron chi connectivity index (χ1n) is 9.68. The molecular formula is C25H25FO3. The van der Waals surface area contributed by atoms with Crippen molar-refractivity contribution in [1.82, 2.24) is 0 Å². The minimum atomic E-state index is -0.369. The minimum Gasteiger partial charge on any atom is -0.493 e. The van der Waals surface area contributed by atoms with Gasteiger partial charge in [0.1, 0.15) is 24.4 Å². The summed E-state index contributed by atoms with van der Waals surface area (Å²) in [6.45, 7) is 4.61. The highest BCUT2D eigenvalue weighted by Gasteiger charge is 2.10. The minimum absolute atomic E-state index is 0.369. The second-order valence-corrected chi connectivity index (χ2v) is 6.93. The van der Waals surface area contributed by atoms with Gasteiger partial charge in [-0.15, -0.1) is 0 Å². The van der Waals surface area contributed by atoms with Crippen molar-refractivity contribution in [3.05, 3.63) is 82.9 Å². The van der Waals surface area contributed by atoms with Crippen molar-refractivity contribution >= 4 is 6.29 Å². The highest BCUT2D eigenvalue weighted by atomic mass is 19.1. The summed E-state index contributed by atoms with van der Waals surface area (Å²) in [6.07, 6.45) is 1.22. The molecule has 0 N–H and O–H groups in total. The van der Waals surface area contributed by atoms with Gasteiger partial charge in [-0.3, -0.25) is 9.18 Å². The van der Waals surface area contributed by atoms with E-state index in [-0.39, 0.29) is 6.67 Å². The van der Waals surface area contributed by atoms with Crippen LogP contribution in [0.1, 0.15) is 33.5 Å². The third-order valence-electron chi connectivity index (χ3n) is 4.89. The van der Waals surface area contributed by atoms with Crippen LogP contribution >= 0.6 is 0 Å². The molecule has 3 nitrogen and oxygen atoms in total. The molecule has 0 aromatic heterocycles. The Morgan fingerprint density at radius 1 is 0.897 bits per heavy atom. The van der Waals surface area contributed by atoms with Crippen molar-refractivity contribution in [1.29, 1.82) is 0 Å². The Morgan fingerprint density at radius 3 is 2.34 bits per heavy atom. The number of carbonyl (C=O) groups is 1. The molecular weight excluding hydrogens is 367 g/mol. The fraction of sp³-hybridized carbons (Fsp3) is 0.240. The summed E-state index contributed by atoms with van der Waals surface area (Å²) >= 11 is 0. The van der Waals surface area contributed by atoms with E-state index in [4.69, 9.17) is 9.47 Å². The monoisotopic (exact) mass is 392 g/mol. The SMILES string of the molecule is Cc1cc(OCCCF)ccc1-c1cccc(COc2ccc(C=O)cc2)c1C. The predicted molar refractivity (Wildman–Crippen MR) is 114 cm³/mol. The summed E-state index contributed by atoms with van der Waals surface area (Å²) in [5, 5.41) is 0. The highest BCUT2D eigenvalue weighted by molar-refractivity contribution is 5.75. The Bertz CT molecular complexity index is 964. The molecule has 0 aliphatic carbocycles. The normalized spacial score (nSPS) is 10.6. The maximum atomic E-state index is 12.2. The van der Waals surface area contributed by atoms with E-state index in [0.717, 1.165) is 45.6 Å². The van der Waals surface area contributed by atoms with Crippen molar-refractivity contribution in [2.45, 2.75) is 26.9 Å². The van der Waals surface area contributed by atoms with Gasteiger partial charge in [-0.1, -0.05) is 24.3 Å². The first-order valence-corrected chi connectivity index (χ1v) is 9.68. The van der Waals surface area contributed by atoms with E-state index in [1.807, 2.05) is 24.3 Å². The lowest BCUT2D eigenvalue weighted by Crippen LogP contribution is -2.01. The molecule has 0 amide bonds. The van der Waals surface area contributed by atoms with Gasteiger partial charge in [-0.05, 0) is 78.1 Å². The number of aryl methyl sites for hydroxylation is 1. The second kappa shape index (κ2) is 9.87. The molecule has 0 saturated carbocycles. The summed E-state index contributed by atoms with van der Waals surface area (Å²) in [7, 11) is 0. The third-order valence-corrected chi connectivity index (χ3v) is 4.89. The van der Waals surface area contributed by atoms with Gasteiger partial charge < -0.3 is 9.47 Å². The molecule has 150 valence electrons. The maximum Gasteiger partial charge on any atom is 0.150 e. The molecule has 3 rings (SSSR count). The Kier molecular flexibility index (Phi) is 7.01. The topological polar surface area (TPSA) is 35.5 Å². The quantitative estimate of drug-likeness (QED) is 0.326. The number of aldehydes is 1. The van der Waals surface area contributed by atoms with Gasteiger partial charge >= 0.3 is 0 Å². The van der Waals surface area contributed by atoms with Crippen molar-refractivity contribution in [3.63, 3.8) is 0 Å². The van der Waals surface area contributed by atoms with E-state index in [9.17, 15) is 9.18 Å². The van der Waals surface area contributed by atoms with Crippen LogP contribution in [-0.4, -0.2) is 19.6 Å². The zero-order chi connectivity index (χ0) is 20.6. The molecule has 3 aromatic rings. The molecule has 0 spiro atoms. The molecule has 29 heavy (non-hydrogen) atoms. The van der Waals surface area contributed by atoms with Crippen LogP contribution in [0, 0.1) is 13.8 Å². The number of carbonyl (C=O) groups excluding carboxylic acids is 1. The number of hydrogen-bond acceptors (Lipinski definition) is 3. The van der Waals surface area contributed by atoms with Crippen LogP contribution in [0.4, 0.5) is 4.39 Å². The fourth-order valence-corrected chi connectivity index (χ4v) is 3.21. The van der Waals surface area contributed by atoms with Crippen LogP contribution in [0.15, 0.2) is 60.7 Å². The molecule has 0 unspecified atom stereocenters. The summed E-state index contributed by atoms with van der Waals surface area (Å²) in [5.74, 6) is 1.49. The average molecular weight is 392 g/mol. The molecule has 0 saturated heterocycles. The van der Waals surface area contributed by atoms with E-state index < -0.39 is 0 Å². The molecule has 0 atom stereocenters. The lowest BCUT2D eigenvalue weighted by molar-refractivity contribution is 0.112. The van der Waals surface area contributed by atoms with Crippen LogP contribution in [-0.2, 0) is 6.61 Å². The van der Waals surface area contributed by atoms with Gasteiger partial charge in [0.05, 0.1) is 13.3 Å². The largest absolute Gasteiger partial charge is 0.493 e. The van der Waals surface area contributed by atoms with Gasteiger partial charge in [-0.25, -0.2) is 0 Å². The standard InChI is InChI=1S/C25H25FO3/c1-18-15-23(28-14-4-13-26)11-12-24(18)25-6-3-5-21(19(25)2)17-29-22-9-7-20(16-27)8-10-22/h3,5-12,15-16H,4,13-14,17H2,1-2H3. The van der Waals surface area contributed by atoms with Crippen LogP contribution in [0.3, 0.4) is 0 Å². The molecule has 4 heteroatoms. The smallest absolute Gasteiger partial charge is 0.150 e. The van der Waals surface area contributed by atoms with Gasteiger partial charge in [0.2, 0.25) is 0 Å². The van der Waals surface area contributed by atoms with E-state index in [1.54, 1.807) is 24.3 Å². The van der Waals surface area contributed by atoms with Crippen LogP contribution in [0.25, 0.3) is 11.1 Å². The number of rotatable bonds is 9. The van der Waals surface area contributed by atoms with E-state index in [2.05, 4.69) is 26.0 Å². The van der Waals surface area contributed by atoms with Crippen LogP contribution in [0.2, 0.25) is 0 Å². The molecule has 0 aliphatic rings. The van der Waals surface area contributed by atoms with Gasteiger partial charge in [-0.2, -0.15) is 0 Å². The van der Waals surface area contributed by atoms with Crippen molar-refractivity contribution in [2.75, 3.05) is 13.3 Å². The summed E-state index contributed by atoms with van der Waals surface area (Å²) in [5.41, 5.74) is 6.28. The van der Waals surface area contributed by atoms with Crippen molar-refractivity contribution in [2.24, 2.45) is 0 Å². The molecule has 0 bridgehead atoms. The Hall–Kier alpha value is -3.14. The molecule has 0 aliphatic heterocycles. The first-order chi connectivity index (χ1) is 14.1. The second-order valence-electron chi connectivity index (χ2n) is 6.93. The van der Waals surface area contributed by atoms with Crippen LogP contribution < -0.4 is 9.47 Å². The van der Waals surface area contributed by atoms with Gasteiger partial charge in [0.15, 0.2) is 0 Å². The Balaban J connectivity index is 1.76. The average Bonchev–Trinajstić information content (AvgIpc) is 2.74. The summed E-state index contributed by atoms with van der Waals surface area (Å²) in [4.78, 5) is 10.8. The van der Waals surface area contributed by atoms with Crippen LogP contribution in [0.5, 0.6) is 11.5 Å². The molecule has 0 heterocycles. The predicted octanol–water partition coefficient (Wildman–Crippen LogP) is 6.10. The summed E-state index contributed by atoms with van der Waals surface area (Å²) in [6, 6.07) is 19.2. The number of hydrogen-bond donors (Lipinski definition) is 0. The number of ether oxygens (including phenoxy) is 2. The van der Waals surface area contributed by atoms with E-state index in [1.165, 1.54) is 0 Å². The van der Waals surface area contributed by atoms with Crippen molar-refractivity contribution < 1.29 is 18.7 Å². The number of halogens is 1. The summed E-state index contributed by atoms with van der Waals surface area (Å²) < 4.78 is 23.7. The molecule has 0 fully saturated rings. The zero-order valence-corrected chi connectivity index (χ0v) is 16.8. The van der Waals surface area contributed by atoms with E-state index in [0.29, 0.717) is 25.2 Å². The molecule has 3 aromatic carbocycles. The Morgan fingerprint density at radius 2 is 1.66 bits per heavy atom. The van der Waals surface area contributed by atoms with Crippen molar-refractivity contribution in [3.8, 4) is 22.6 Å². The third kappa shape index (κ3) is 5.23. The first kappa shape index (κ1) is 20.6. The Labute approximate surface area is 171 Å². The number of alkyl halides is 1. The number of benzene rings is 3. The van der Waals surface area contributed by atoms with Gasteiger partial charge in [0, 0.05) is 12.0 Å². The maximum absolute atomic E-state index is 12.2.